The number of ketones is 1. The Bertz CT molecular complexity index is 1050. The first-order chi connectivity index (χ1) is 14.1. The van der Waals surface area contributed by atoms with Gasteiger partial charge in [0.2, 0.25) is 5.91 Å². The number of carbonyl (C=O) groups excluding carboxylic acids is 2. The summed E-state index contributed by atoms with van der Waals surface area (Å²) in [6, 6.07) is 4.36. The lowest BCUT2D eigenvalue weighted by Gasteiger charge is -2.25. The molecule has 0 radical (unpaired) electrons. The molecule has 1 aliphatic carbocycles. The number of Topliss-reactive ketones (excluding diaryl/α,β-unsaturated/α-hetero) is 1. The lowest BCUT2D eigenvalue weighted by Crippen LogP contribution is -2.28. The summed E-state index contributed by atoms with van der Waals surface area (Å²) in [5.74, 6) is 0.725. The van der Waals surface area contributed by atoms with E-state index in [4.69, 9.17) is 11.6 Å². The monoisotopic (exact) mass is 513 g/mol. The maximum absolute atomic E-state index is 13.1. The average molecular weight is 515 g/mol. The van der Waals surface area contributed by atoms with Crippen LogP contribution in [0.25, 0.3) is 0 Å². The Labute approximate surface area is 188 Å². The van der Waals surface area contributed by atoms with Crippen LogP contribution in [0.2, 0.25) is 5.02 Å². The fraction of sp³-hybridized carbons (Fsp3) is 0.400. The molecule has 10 heteroatoms. The Morgan fingerprint density at radius 2 is 1.93 bits per heavy atom. The standard InChI is InChI=1S/C20H21BrClN3O4S/c1-30(28,29)17-8-5-14(10-16(17)22)25(19-12-23-18(21)11-24-19)20(27)9-4-13-2-6-15(26)7-3-13/h5,8,10-13H,2-4,6-7,9H2,1H3. The van der Waals surface area contributed by atoms with Crippen LogP contribution >= 0.6 is 27.5 Å². The molecular formula is C20H21BrClN3O4S. The van der Waals surface area contributed by atoms with Crippen molar-refractivity contribution in [2.24, 2.45) is 5.92 Å². The van der Waals surface area contributed by atoms with Crippen molar-refractivity contribution in [2.75, 3.05) is 11.2 Å². The van der Waals surface area contributed by atoms with Crippen LogP contribution in [-0.2, 0) is 19.4 Å². The van der Waals surface area contributed by atoms with E-state index in [9.17, 15) is 18.0 Å². The van der Waals surface area contributed by atoms with E-state index in [1.807, 2.05) is 0 Å². The van der Waals surface area contributed by atoms with Crippen molar-refractivity contribution in [3.63, 3.8) is 0 Å². The summed E-state index contributed by atoms with van der Waals surface area (Å²) in [5, 5.41) is 0.0312. The molecule has 1 aromatic heterocycles. The highest BCUT2D eigenvalue weighted by molar-refractivity contribution is 9.10. The minimum absolute atomic E-state index is 0.00548. The van der Waals surface area contributed by atoms with E-state index in [2.05, 4.69) is 25.9 Å². The molecule has 1 aromatic carbocycles. The third-order valence-corrected chi connectivity index (χ3v) is 7.08. The van der Waals surface area contributed by atoms with Gasteiger partial charge in [0.1, 0.15) is 10.4 Å². The second-order valence-corrected chi connectivity index (χ2v) is 10.5. The second-order valence-electron chi connectivity index (χ2n) is 7.33. The minimum Gasteiger partial charge on any atom is -0.300 e. The first-order valence-corrected chi connectivity index (χ1v) is 12.5. The number of amides is 1. The van der Waals surface area contributed by atoms with Crippen molar-refractivity contribution >= 4 is 60.6 Å². The lowest BCUT2D eigenvalue weighted by atomic mass is 9.85. The zero-order valence-electron chi connectivity index (χ0n) is 16.3. The van der Waals surface area contributed by atoms with Crippen LogP contribution in [0.3, 0.4) is 0 Å². The van der Waals surface area contributed by atoms with Gasteiger partial charge in [0.25, 0.3) is 0 Å². The van der Waals surface area contributed by atoms with Crippen LogP contribution in [0.4, 0.5) is 11.5 Å². The minimum atomic E-state index is -3.49. The second kappa shape index (κ2) is 9.53. The molecule has 3 rings (SSSR count). The molecule has 0 unspecified atom stereocenters. The van der Waals surface area contributed by atoms with Crippen molar-refractivity contribution < 1.29 is 18.0 Å². The number of carbonyl (C=O) groups is 2. The van der Waals surface area contributed by atoms with Crippen LogP contribution in [0.5, 0.6) is 0 Å². The van der Waals surface area contributed by atoms with Crippen molar-refractivity contribution in [1.82, 2.24) is 9.97 Å². The van der Waals surface area contributed by atoms with Gasteiger partial charge in [0.15, 0.2) is 15.7 Å². The van der Waals surface area contributed by atoms with Crippen LogP contribution < -0.4 is 4.90 Å². The molecular weight excluding hydrogens is 494 g/mol. The molecule has 0 N–H and O–H groups in total. The van der Waals surface area contributed by atoms with E-state index in [0.717, 1.165) is 19.1 Å². The quantitative estimate of drug-likeness (QED) is 0.563. The summed E-state index contributed by atoms with van der Waals surface area (Å²) in [7, 11) is -3.49. The molecule has 1 amide bonds. The van der Waals surface area contributed by atoms with Crippen molar-refractivity contribution in [3.8, 4) is 0 Å². The van der Waals surface area contributed by atoms with Crippen LogP contribution in [0.1, 0.15) is 38.5 Å². The number of sulfone groups is 1. The molecule has 1 aliphatic rings. The molecule has 0 atom stereocenters. The number of aromatic nitrogens is 2. The Morgan fingerprint density at radius 1 is 1.23 bits per heavy atom. The summed E-state index contributed by atoms with van der Waals surface area (Å²) < 4.78 is 24.2. The van der Waals surface area contributed by atoms with Crippen LogP contribution in [0.15, 0.2) is 40.1 Å². The average Bonchev–Trinajstić information content (AvgIpc) is 2.68. The third kappa shape index (κ3) is 5.65. The highest BCUT2D eigenvalue weighted by Gasteiger charge is 2.25. The zero-order valence-corrected chi connectivity index (χ0v) is 19.5. The van der Waals surface area contributed by atoms with Gasteiger partial charge in [0.05, 0.1) is 28.0 Å². The zero-order chi connectivity index (χ0) is 21.9. The number of rotatable bonds is 6. The largest absolute Gasteiger partial charge is 0.300 e. The SMILES string of the molecule is CS(=O)(=O)c1ccc(N(C(=O)CCC2CCC(=O)CC2)c2cnc(Br)cn2)cc1Cl. The van der Waals surface area contributed by atoms with Crippen LogP contribution in [0, 0.1) is 5.92 Å². The van der Waals surface area contributed by atoms with Gasteiger partial charge in [-0.05, 0) is 59.3 Å². The lowest BCUT2D eigenvalue weighted by molar-refractivity contribution is -0.121. The van der Waals surface area contributed by atoms with Gasteiger partial charge in [-0.15, -0.1) is 0 Å². The predicted molar refractivity (Wildman–Crippen MR) is 118 cm³/mol. The van der Waals surface area contributed by atoms with Gasteiger partial charge in [-0.25, -0.2) is 18.4 Å². The Hall–Kier alpha value is -1.84. The molecule has 7 nitrogen and oxygen atoms in total. The van der Waals surface area contributed by atoms with E-state index in [-0.39, 0.29) is 28.0 Å². The molecule has 2 aromatic rings. The van der Waals surface area contributed by atoms with Gasteiger partial charge >= 0.3 is 0 Å². The molecule has 1 fully saturated rings. The first-order valence-electron chi connectivity index (χ1n) is 9.47. The van der Waals surface area contributed by atoms with Gasteiger partial charge in [-0.1, -0.05) is 11.6 Å². The summed E-state index contributed by atoms with van der Waals surface area (Å²) in [6.45, 7) is 0. The fourth-order valence-electron chi connectivity index (χ4n) is 3.48. The van der Waals surface area contributed by atoms with E-state index in [1.54, 1.807) is 0 Å². The van der Waals surface area contributed by atoms with Crippen molar-refractivity contribution in [3.05, 3.63) is 40.2 Å². The molecule has 0 aliphatic heterocycles. The molecule has 1 heterocycles. The molecule has 0 bridgehead atoms. The first kappa shape index (κ1) is 22.8. The number of hydrogen-bond acceptors (Lipinski definition) is 6. The van der Waals surface area contributed by atoms with E-state index in [0.29, 0.717) is 41.3 Å². The molecule has 0 saturated heterocycles. The molecule has 30 heavy (non-hydrogen) atoms. The Balaban J connectivity index is 1.87. The van der Waals surface area contributed by atoms with Gasteiger partial charge in [0, 0.05) is 25.5 Å². The van der Waals surface area contributed by atoms with E-state index >= 15 is 0 Å². The number of benzene rings is 1. The van der Waals surface area contributed by atoms with Crippen molar-refractivity contribution in [1.29, 1.82) is 0 Å². The van der Waals surface area contributed by atoms with E-state index < -0.39 is 9.84 Å². The van der Waals surface area contributed by atoms with Gasteiger partial charge < -0.3 is 0 Å². The number of hydrogen-bond donors (Lipinski definition) is 0. The fourth-order valence-corrected chi connectivity index (χ4v) is 5.01. The summed E-state index contributed by atoms with van der Waals surface area (Å²) in [6.07, 6.45) is 7.70. The Kier molecular flexibility index (Phi) is 7.26. The summed E-state index contributed by atoms with van der Waals surface area (Å²) in [4.78, 5) is 34.4. The molecule has 0 spiro atoms. The number of anilines is 2. The predicted octanol–water partition coefficient (Wildman–Crippen LogP) is 4.50. The highest BCUT2D eigenvalue weighted by Crippen LogP contribution is 2.32. The molecule has 1 saturated carbocycles. The Morgan fingerprint density at radius 3 is 2.50 bits per heavy atom. The maximum Gasteiger partial charge on any atom is 0.232 e. The van der Waals surface area contributed by atoms with Gasteiger partial charge in [-0.3, -0.25) is 14.5 Å². The smallest absolute Gasteiger partial charge is 0.232 e. The number of halogens is 2. The third-order valence-electron chi connectivity index (χ3n) is 5.09. The summed E-state index contributed by atoms with van der Waals surface area (Å²) >= 11 is 9.42. The van der Waals surface area contributed by atoms with E-state index in [1.165, 1.54) is 35.5 Å². The van der Waals surface area contributed by atoms with Gasteiger partial charge in [-0.2, -0.15) is 0 Å². The molecule has 160 valence electrons. The van der Waals surface area contributed by atoms with Crippen LogP contribution in [-0.4, -0.2) is 36.3 Å². The van der Waals surface area contributed by atoms with Crippen molar-refractivity contribution in [2.45, 2.75) is 43.4 Å². The number of nitrogens with zero attached hydrogens (tertiary/aromatic N) is 3. The summed E-state index contributed by atoms with van der Waals surface area (Å²) in [5.41, 5.74) is 0.410. The normalized spacial score (nSPS) is 15.2. The maximum atomic E-state index is 13.1. The highest BCUT2D eigenvalue weighted by atomic mass is 79.9. The topological polar surface area (TPSA) is 97.3 Å².